The number of amides is 2. The van der Waals surface area contributed by atoms with Crippen molar-refractivity contribution < 1.29 is 18.4 Å². The molecule has 21 heavy (non-hydrogen) atoms. The van der Waals surface area contributed by atoms with E-state index in [-0.39, 0.29) is 18.2 Å². The summed E-state index contributed by atoms with van der Waals surface area (Å²) in [7, 11) is 1.46. The van der Waals surface area contributed by atoms with Crippen molar-refractivity contribution in [2.24, 2.45) is 10.7 Å². The number of rotatable bonds is 5. The summed E-state index contributed by atoms with van der Waals surface area (Å²) in [4.78, 5) is 29.2. The number of hydrogen-bond acceptors (Lipinski definition) is 4. The number of nitrogens with two attached hydrogens (primary N) is 1. The van der Waals surface area contributed by atoms with E-state index in [1.807, 2.05) is 0 Å². The predicted molar refractivity (Wildman–Crippen MR) is 79.2 cm³/mol. The van der Waals surface area contributed by atoms with Crippen molar-refractivity contribution in [3.05, 3.63) is 11.1 Å². The van der Waals surface area contributed by atoms with Crippen molar-refractivity contribution >= 4 is 28.6 Å². The molecule has 0 saturated heterocycles. The molecule has 0 spiro atoms. The number of carbonyl (C=O) groups excluding carboxylic acids is 2. The van der Waals surface area contributed by atoms with Crippen molar-refractivity contribution in [2.75, 3.05) is 20.1 Å². The minimum atomic E-state index is -1.93. The Kier molecular flexibility index (Phi) is 4.29. The van der Waals surface area contributed by atoms with Gasteiger partial charge in [0.15, 0.2) is 11.1 Å². The number of hydrogen-bond donors (Lipinski definition) is 2. The van der Waals surface area contributed by atoms with Gasteiger partial charge in [0.25, 0.3) is 5.91 Å². The molecule has 1 unspecified atom stereocenters. The molecular weight excluding hydrogens is 294 g/mol. The lowest BCUT2D eigenvalue weighted by Gasteiger charge is -2.31. The van der Waals surface area contributed by atoms with Gasteiger partial charge in [-0.1, -0.05) is 0 Å². The zero-order valence-corrected chi connectivity index (χ0v) is 12.9. The number of carbonyl (C=O) groups is 2. The van der Waals surface area contributed by atoms with Crippen LogP contribution < -0.4 is 5.73 Å². The first-order valence-corrected chi connectivity index (χ1v) is 7.80. The molecule has 1 heterocycles. The van der Waals surface area contributed by atoms with E-state index in [1.165, 1.54) is 7.05 Å². The van der Waals surface area contributed by atoms with Gasteiger partial charge >= 0.3 is 0 Å². The van der Waals surface area contributed by atoms with Crippen LogP contribution in [0.5, 0.6) is 0 Å². The maximum atomic E-state index is 12.4. The summed E-state index contributed by atoms with van der Waals surface area (Å²) >= 11 is -1.93. The maximum absolute atomic E-state index is 12.4. The molecule has 1 fully saturated rings. The summed E-state index contributed by atoms with van der Waals surface area (Å²) in [5, 5.41) is 0. The van der Waals surface area contributed by atoms with Gasteiger partial charge in [0.1, 0.15) is 5.71 Å². The van der Waals surface area contributed by atoms with E-state index in [0.29, 0.717) is 37.0 Å². The highest BCUT2D eigenvalue weighted by atomic mass is 32.2. The molecule has 1 atom stereocenters. The maximum Gasteiger partial charge on any atom is 0.267 e. The third-order valence-electron chi connectivity index (χ3n) is 4.09. The molecule has 2 rings (SSSR count). The quantitative estimate of drug-likeness (QED) is 0.542. The zero-order valence-electron chi connectivity index (χ0n) is 12.1. The molecule has 2 amide bonds. The van der Waals surface area contributed by atoms with Gasteiger partial charge in [-0.05, 0) is 31.8 Å². The lowest BCUT2D eigenvalue weighted by atomic mass is 9.95. The van der Waals surface area contributed by atoms with E-state index in [4.69, 9.17) is 5.73 Å². The molecule has 116 valence electrons. The van der Waals surface area contributed by atoms with Crippen LogP contribution in [0.4, 0.5) is 0 Å². The highest BCUT2D eigenvalue weighted by molar-refractivity contribution is 7.81. The minimum Gasteiger partial charge on any atom is -0.364 e. The summed E-state index contributed by atoms with van der Waals surface area (Å²) in [6.07, 6.45) is 1.78. The van der Waals surface area contributed by atoms with Gasteiger partial charge in [0, 0.05) is 25.7 Å². The summed E-state index contributed by atoms with van der Waals surface area (Å²) in [5.41, 5.74) is 6.40. The third kappa shape index (κ3) is 2.91. The number of aliphatic imine (C=N–C) groups is 1. The van der Waals surface area contributed by atoms with Gasteiger partial charge in [0.2, 0.25) is 5.91 Å². The molecule has 8 heteroatoms. The molecule has 0 radical (unpaired) electrons. The van der Waals surface area contributed by atoms with Crippen molar-refractivity contribution in [1.29, 1.82) is 0 Å². The van der Waals surface area contributed by atoms with Crippen LogP contribution in [0, 0.1) is 0 Å². The topological polar surface area (TPSA) is 113 Å². The van der Waals surface area contributed by atoms with E-state index in [2.05, 4.69) is 4.99 Å². The fourth-order valence-electron chi connectivity index (χ4n) is 2.62. The molecule has 0 aromatic carbocycles. The standard InChI is InChI=1S/C13H19N3O4S/c1-8-9(10(15-2)11(14)17)3-6-16(12(8)18)7-13(4-5-13)21(19)20/h3-7H2,1-2H3,(H2,14,17)(H,19,20). The highest BCUT2D eigenvalue weighted by Crippen LogP contribution is 2.42. The summed E-state index contributed by atoms with van der Waals surface area (Å²) in [6.45, 7) is 2.30. The Balaban J connectivity index is 2.20. The van der Waals surface area contributed by atoms with E-state index < -0.39 is 21.7 Å². The first-order valence-electron chi connectivity index (χ1n) is 6.69. The van der Waals surface area contributed by atoms with Crippen LogP contribution in [0.2, 0.25) is 0 Å². The highest BCUT2D eigenvalue weighted by Gasteiger charge is 2.51. The van der Waals surface area contributed by atoms with Crippen molar-refractivity contribution in [3.8, 4) is 0 Å². The van der Waals surface area contributed by atoms with Crippen LogP contribution in [0.15, 0.2) is 16.1 Å². The molecule has 3 N–H and O–H groups in total. The summed E-state index contributed by atoms with van der Waals surface area (Å²) in [6, 6.07) is 0. The Labute approximate surface area is 125 Å². The molecule has 0 bridgehead atoms. The van der Waals surface area contributed by atoms with Crippen molar-refractivity contribution in [2.45, 2.75) is 30.9 Å². The average molecular weight is 313 g/mol. The molecule has 0 aromatic rings. The SMILES string of the molecule is CN=C(C(N)=O)C1=C(C)C(=O)N(CC2(S(=O)O)CC2)CC1. The Bertz CT molecular complexity index is 578. The van der Waals surface area contributed by atoms with Crippen LogP contribution in [0.25, 0.3) is 0 Å². The van der Waals surface area contributed by atoms with E-state index in [0.717, 1.165) is 0 Å². The summed E-state index contributed by atoms with van der Waals surface area (Å²) in [5.74, 6) is -0.876. The molecular formula is C13H19N3O4S. The van der Waals surface area contributed by atoms with Crippen LogP contribution in [-0.2, 0) is 20.7 Å². The fourth-order valence-corrected chi connectivity index (χ4v) is 3.34. The van der Waals surface area contributed by atoms with E-state index in [9.17, 15) is 18.4 Å². The van der Waals surface area contributed by atoms with Crippen LogP contribution in [0.1, 0.15) is 26.2 Å². The first-order chi connectivity index (χ1) is 9.82. The Hall–Kier alpha value is -1.54. The lowest BCUT2D eigenvalue weighted by Crippen LogP contribution is -2.45. The molecule has 0 aromatic heterocycles. The lowest BCUT2D eigenvalue weighted by molar-refractivity contribution is -0.127. The van der Waals surface area contributed by atoms with Crippen molar-refractivity contribution in [1.82, 2.24) is 4.90 Å². The summed E-state index contributed by atoms with van der Waals surface area (Å²) < 4.78 is 20.0. The molecule has 1 saturated carbocycles. The molecule has 1 aliphatic carbocycles. The van der Waals surface area contributed by atoms with Gasteiger partial charge in [-0.2, -0.15) is 0 Å². The van der Waals surface area contributed by atoms with Gasteiger partial charge in [-0.3, -0.25) is 14.6 Å². The second-order valence-electron chi connectivity index (χ2n) is 5.45. The normalized spacial score (nSPS) is 23.3. The van der Waals surface area contributed by atoms with Crippen molar-refractivity contribution in [3.63, 3.8) is 0 Å². The Morgan fingerprint density at radius 2 is 2.14 bits per heavy atom. The second-order valence-corrected chi connectivity index (χ2v) is 6.81. The molecule has 1 aliphatic heterocycles. The van der Waals surface area contributed by atoms with E-state index in [1.54, 1.807) is 11.8 Å². The number of primary amides is 1. The van der Waals surface area contributed by atoms with Gasteiger partial charge in [-0.15, -0.1) is 0 Å². The Morgan fingerprint density at radius 1 is 1.52 bits per heavy atom. The van der Waals surface area contributed by atoms with Crippen LogP contribution in [0.3, 0.4) is 0 Å². The zero-order chi connectivity index (χ0) is 15.8. The predicted octanol–water partition coefficient (Wildman–Crippen LogP) is -0.154. The fraction of sp³-hybridized carbons (Fsp3) is 0.615. The smallest absolute Gasteiger partial charge is 0.267 e. The minimum absolute atomic E-state index is 0.132. The van der Waals surface area contributed by atoms with Gasteiger partial charge < -0.3 is 15.2 Å². The number of nitrogens with zero attached hydrogens (tertiary/aromatic N) is 2. The van der Waals surface area contributed by atoms with Crippen LogP contribution >= 0.6 is 0 Å². The van der Waals surface area contributed by atoms with Gasteiger partial charge in [-0.25, -0.2) is 4.21 Å². The largest absolute Gasteiger partial charge is 0.364 e. The first kappa shape index (κ1) is 15.8. The monoisotopic (exact) mass is 313 g/mol. The van der Waals surface area contributed by atoms with Gasteiger partial charge in [0.05, 0.1) is 4.75 Å². The van der Waals surface area contributed by atoms with Crippen LogP contribution in [-0.4, -0.2) is 56.1 Å². The molecule has 7 nitrogen and oxygen atoms in total. The molecule has 2 aliphatic rings. The Morgan fingerprint density at radius 3 is 2.57 bits per heavy atom. The third-order valence-corrected chi connectivity index (χ3v) is 5.37. The average Bonchev–Trinajstić information content (AvgIpc) is 3.19. The van der Waals surface area contributed by atoms with E-state index >= 15 is 0 Å². The second kappa shape index (κ2) is 5.69.